The molecule has 0 amide bonds. The Hall–Kier alpha value is -2.99. The summed E-state index contributed by atoms with van der Waals surface area (Å²) in [5, 5.41) is 11.7. The summed E-state index contributed by atoms with van der Waals surface area (Å²) in [5.41, 5.74) is 5.52. The third-order valence-electron chi connectivity index (χ3n) is 7.22. The van der Waals surface area contributed by atoms with Crippen molar-refractivity contribution < 1.29 is 48.9 Å². The molecule has 6 heteroatoms. The monoisotopic (exact) mass is 561 g/mol. The molecule has 41 heavy (non-hydrogen) atoms. The number of hydrogen-bond donors (Lipinski definition) is 0. The van der Waals surface area contributed by atoms with Gasteiger partial charge in [0, 0.05) is 24.4 Å². The Labute approximate surface area is 266 Å². The second kappa shape index (κ2) is 17.1. The first-order valence-electron chi connectivity index (χ1n) is 14.4. The molecule has 0 spiro atoms. The predicted octanol–water partition coefficient (Wildman–Crippen LogP) is 3.80. The molecule has 0 bridgehead atoms. The molecule has 1 aromatic heterocycles. The molecule has 210 valence electrons. The Morgan fingerprint density at radius 1 is 0.805 bits per heavy atom. The second-order valence-corrected chi connectivity index (χ2v) is 10.3. The number of carboxylic acid groups (broad SMARTS) is 1. The van der Waals surface area contributed by atoms with Crippen molar-refractivity contribution in [1.29, 1.82) is 0 Å². The quantitative estimate of drug-likeness (QED) is 0.154. The standard InChI is InChI=1S/C35H41NO4.Na/c1-3-4-5-6-10-25-39-31-18-14-28(15-19-31)23-24-36-27(2)13-22-33(36)30-16-20-32(21-17-30)40-34(35(37)38)26-29-11-8-7-9-12-29;/h7-9,11-22,34H,3-6,10,23-26H2,1-2H3,(H,37,38);/q;+1/p-1/t34-;/m1./s1. The Bertz CT molecular complexity index is 1320. The van der Waals surface area contributed by atoms with Crippen molar-refractivity contribution in [2.24, 2.45) is 0 Å². The van der Waals surface area contributed by atoms with Crippen LogP contribution in [0, 0.1) is 6.92 Å². The van der Waals surface area contributed by atoms with E-state index < -0.39 is 12.1 Å². The molecule has 3 aromatic carbocycles. The van der Waals surface area contributed by atoms with E-state index in [1.807, 2.05) is 54.6 Å². The number of benzene rings is 3. The van der Waals surface area contributed by atoms with Gasteiger partial charge in [-0.05, 0) is 85.0 Å². The molecule has 0 aliphatic rings. The summed E-state index contributed by atoms with van der Waals surface area (Å²) in [5.74, 6) is 0.218. The number of aliphatic carboxylic acids is 1. The molecule has 4 aromatic rings. The van der Waals surface area contributed by atoms with Crippen molar-refractivity contribution in [3.05, 3.63) is 108 Å². The van der Waals surface area contributed by atoms with E-state index in [4.69, 9.17) is 9.47 Å². The van der Waals surface area contributed by atoms with Crippen LogP contribution in [0.3, 0.4) is 0 Å². The molecule has 1 heterocycles. The van der Waals surface area contributed by atoms with E-state index in [2.05, 4.69) is 54.8 Å². The molecule has 5 nitrogen and oxygen atoms in total. The van der Waals surface area contributed by atoms with E-state index in [0.717, 1.165) is 48.6 Å². The van der Waals surface area contributed by atoms with E-state index in [1.165, 1.54) is 36.9 Å². The molecule has 1 atom stereocenters. The van der Waals surface area contributed by atoms with Crippen LogP contribution in [0.2, 0.25) is 0 Å². The number of aryl methyl sites for hydroxylation is 2. The van der Waals surface area contributed by atoms with Crippen molar-refractivity contribution in [3.63, 3.8) is 0 Å². The number of carbonyl (C=O) groups is 1. The molecular formula is C35H40NNaO4. The number of nitrogens with zero attached hydrogens (tertiary/aromatic N) is 1. The van der Waals surface area contributed by atoms with E-state index in [-0.39, 0.29) is 36.0 Å². The largest absolute Gasteiger partial charge is 1.00 e. The Balaban J connectivity index is 0.00000462. The molecule has 0 radical (unpaired) electrons. The number of carboxylic acids is 1. The van der Waals surface area contributed by atoms with Gasteiger partial charge in [0.05, 0.1) is 12.6 Å². The number of hydrogen-bond acceptors (Lipinski definition) is 4. The third-order valence-corrected chi connectivity index (χ3v) is 7.22. The summed E-state index contributed by atoms with van der Waals surface area (Å²) >= 11 is 0. The fourth-order valence-corrected chi connectivity index (χ4v) is 4.88. The van der Waals surface area contributed by atoms with Crippen LogP contribution < -0.4 is 44.1 Å². The van der Waals surface area contributed by atoms with Crippen LogP contribution >= 0.6 is 0 Å². The zero-order valence-corrected chi connectivity index (χ0v) is 26.7. The first-order chi connectivity index (χ1) is 19.5. The number of carbonyl (C=O) groups excluding carboxylic acids is 1. The zero-order chi connectivity index (χ0) is 28.2. The Morgan fingerprint density at radius 2 is 1.49 bits per heavy atom. The van der Waals surface area contributed by atoms with E-state index in [0.29, 0.717) is 5.75 Å². The summed E-state index contributed by atoms with van der Waals surface area (Å²) in [7, 11) is 0. The topological polar surface area (TPSA) is 63.5 Å². The maximum Gasteiger partial charge on any atom is 1.00 e. The minimum Gasteiger partial charge on any atom is -0.546 e. The Kier molecular flexibility index (Phi) is 13.5. The average Bonchev–Trinajstić information content (AvgIpc) is 3.35. The van der Waals surface area contributed by atoms with E-state index in [9.17, 15) is 9.90 Å². The van der Waals surface area contributed by atoms with Gasteiger partial charge in [0.25, 0.3) is 0 Å². The molecule has 0 saturated carbocycles. The molecule has 0 saturated heterocycles. The van der Waals surface area contributed by atoms with Crippen LogP contribution in [-0.4, -0.2) is 23.2 Å². The SMILES string of the molecule is CCCCCCCOc1ccc(CCn2c(C)ccc2-c2ccc(O[C@H](Cc3ccccc3)C(=O)[O-])cc2)cc1.[Na+]. The van der Waals surface area contributed by atoms with Gasteiger partial charge < -0.3 is 23.9 Å². The van der Waals surface area contributed by atoms with Crippen LogP contribution in [0.5, 0.6) is 11.5 Å². The average molecular weight is 562 g/mol. The molecule has 0 aliphatic carbocycles. The zero-order valence-electron chi connectivity index (χ0n) is 24.7. The van der Waals surface area contributed by atoms with Gasteiger partial charge in [-0.2, -0.15) is 0 Å². The molecule has 4 rings (SSSR count). The smallest absolute Gasteiger partial charge is 0.546 e. The third kappa shape index (κ3) is 10.1. The van der Waals surface area contributed by atoms with Gasteiger partial charge >= 0.3 is 29.6 Å². The first kappa shape index (κ1) is 32.5. The van der Waals surface area contributed by atoms with Crippen LogP contribution in [0.15, 0.2) is 91.0 Å². The van der Waals surface area contributed by atoms with Crippen LogP contribution in [-0.2, 0) is 24.2 Å². The predicted molar refractivity (Wildman–Crippen MR) is 159 cm³/mol. The molecule has 0 N–H and O–H groups in total. The van der Waals surface area contributed by atoms with Crippen molar-refractivity contribution in [1.82, 2.24) is 4.57 Å². The van der Waals surface area contributed by atoms with Gasteiger partial charge in [0.2, 0.25) is 0 Å². The van der Waals surface area contributed by atoms with Gasteiger partial charge in [-0.25, -0.2) is 0 Å². The van der Waals surface area contributed by atoms with Crippen molar-refractivity contribution >= 4 is 5.97 Å². The number of rotatable bonds is 16. The summed E-state index contributed by atoms with van der Waals surface area (Å²) < 4.78 is 14.0. The normalized spacial score (nSPS) is 11.5. The number of unbranched alkanes of at least 4 members (excludes halogenated alkanes) is 4. The van der Waals surface area contributed by atoms with Crippen molar-refractivity contribution in [3.8, 4) is 22.8 Å². The second-order valence-electron chi connectivity index (χ2n) is 10.3. The van der Waals surface area contributed by atoms with Crippen molar-refractivity contribution in [2.75, 3.05) is 6.61 Å². The fraction of sp³-hybridized carbons (Fsp3) is 0.343. The molecule has 0 fully saturated rings. The molecule has 0 aliphatic heterocycles. The van der Waals surface area contributed by atoms with Crippen molar-refractivity contribution in [2.45, 2.75) is 71.4 Å². The maximum absolute atomic E-state index is 11.7. The van der Waals surface area contributed by atoms with Gasteiger partial charge in [0.1, 0.15) is 17.6 Å². The minimum absolute atomic E-state index is 0. The minimum atomic E-state index is -1.22. The number of aromatic nitrogens is 1. The maximum atomic E-state index is 11.7. The summed E-state index contributed by atoms with van der Waals surface area (Å²) in [6.07, 6.45) is 6.29. The Morgan fingerprint density at radius 3 is 2.17 bits per heavy atom. The van der Waals surface area contributed by atoms with Crippen LogP contribution in [0.4, 0.5) is 0 Å². The van der Waals surface area contributed by atoms with Gasteiger partial charge in [-0.15, -0.1) is 0 Å². The summed E-state index contributed by atoms with van der Waals surface area (Å²) in [6, 6.07) is 29.7. The van der Waals surface area contributed by atoms with Crippen LogP contribution in [0.25, 0.3) is 11.3 Å². The summed E-state index contributed by atoms with van der Waals surface area (Å²) in [4.78, 5) is 11.7. The molecular weight excluding hydrogens is 521 g/mol. The van der Waals surface area contributed by atoms with E-state index in [1.54, 1.807) is 0 Å². The molecule has 0 unspecified atom stereocenters. The van der Waals surface area contributed by atoms with Gasteiger partial charge in [-0.1, -0.05) is 75.1 Å². The van der Waals surface area contributed by atoms with Gasteiger partial charge in [0.15, 0.2) is 0 Å². The summed E-state index contributed by atoms with van der Waals surface area (Å²) in [6.45, 7) is 5.98. The first-order valence-corrected chi connectivity index (χ1v) is 14.4. The fourth-order valence-electron chi connectivity index (χ4n) is 4.88. The van der Waals surface area contributed by atoms with E-state index >= 15 is 0 Å². The van der Waals surface area contributed by atoms with Gasteiger partial charge in [-0.3, -0.25) is 0 Å². The number of ether oxygens (including phenoxy) is 2. The van der Waals surface area contributed by atoms with Crippen LogP contribution in [0.1, 0.15) is 55.8 Å².